The molecule has 4 fully saturated rings. The summed E-state index contributed by atoms with van der Waals surface area (Å²) >= 11 is 0. The van der Waals surface area contributed by atoms with Gasteiger partial charge in [-0.3, -0.25) is 4.79 Å². The zero-order valence-corrected chi connectivity index (χ0v) is 14.9. The molecule has 3 atom stereocenters. The number of nitrogens with zero attached hydrogens (tertiary/aromatic N) is 3. The van der Waals surface area contributed by atoms with Crippen LogP contribution in [-0.4, -0.2) is 71.8 Å². The lowest BCUT2D eigenvalue weighted by molar-refractivity contribution is -0.0976. The van der Waals surface area contributed by atoms with E-state index in [1.165, 1.54) is 4.31 Å². The van der Waals surface area contributed by atoms with Crippen molar-refractivity contribution >= 4 is 15.9 Å². The van der Waals surface area contributed by atoms with E-state index in [1.807, 2.05) is 6.92 Å². The van der Waals surface area contributed by atoms with E-state index in [4.69, 9.17) is 9.26 Å². The number of morpholine rings is 1. The van der Waals surface area contributed by atoms with Crippen molar-refractivity contribution in [3.63, 3.8) is 0 Å². The number of rotatable bonds is 3. The van der Waals surface area contributed by atoms with Gasteiger partial charge in [-0.2, -0.15) is 4.31 Å². The molecule has 9 heteroatoms. The second kappa shape index (κ2) is 5.05. The Kier molecular flexibility index (Phi) is 3.19. The van der Waals surface area contributed by atoms with Crippen LogP contribution in [-0.2, 0) is 14.8 Å². The highest BCUT2D eigenvalue weighted by molar-refractivity contribution is 7.90. The maximum absolute atomic E-state index is 12.9. The fourth-order valence-corrected chi connectivity index (χ4v) is 6.83. The highest BCUT2D eigenvalue weighted by Crippen LogP contribution is 2.46. The van der Waals surface area contributed by atoms with Crippen LogP contribution in [0.5, 0.6) is 0 Å². The van der Waals surface area contributed by atoms with Crippen LogP contribution in [0.15, 0.2) is 10.6 Å². The normalized spacial score (nSPS) is 36.6. The molecule has 136 valence electrons. The van der Waals surface area contributed by atoms with Gasteiger partial charge in [-0.15, -0.1) is 0 Å². The van der Waals surface area contributed by atoms with Gasteiger partial charge in [0, 0.05) is 31.6 Å². The van der Waals surface area contributed by atoms with Crippen LogP contribution < -0.4 is 0 Å². The Morgan fingerprint density at radius 1 is 1.40 bits per heavy atom. The van der Waals surface area contributed by atoms with Crippen molar-refractivity contribution in [3.8, 4) is 0 Å². The summed E-state index contributed by atoms with van der Waals surface area (Å²) in [5.74, 6) is 0.975. The molecule has 5 rings (SSSR count). The van der Waals surface area contributed by atoms with Crippen molar-refractivity contribution in [3.05, 3.63) is 17.5 Å². The third kappa shape index (κ3) is 2.22. The fourth-order valence-electron chi connectivity index (χ4n) is 4.50. The molecule has 0 radical (unpaired) electrons. The second-order valence-electron chi connectivity index (χ2n) is 7.57. The van der Waals surface area contributed by atoms with Crippen molar-refractivity contribution in [1.29, 1.82) is 0 Å². The monoisotopic (exact) mass is 367 g/mol. The minimum Gasteiger partial charge on any atom is -0.365 e. The largest absolute Gasteiger partial charge is 0.365 e. The lowest BCUT2D eigenvalue weighted by Gasteiger charge is -2.39. The average Bonchev–Trinajstić information content (AvgIpc) is 3.20. The minimum absolute atomic E-state index is 0.198. The topological polar surface area (TPSA) is 93.0 Å². The molecule has 1 unspecified atom stereocenters. The van der Waals surface area contributed by atoms with Gasteiger partial charge in [-0.25, -0.2) is 8.42 Å². The first-order chi connectivity index (χ1) is 11.9. The van der Waals surface area contributed by atoms with Crippen molar-refractivity contribution in [2.75, 3.05) is 26.2 Å². The van der Waals surface area contributed by atoms with E-state index in [0.29, 0.717) is 37.7 Å². The molecule has 1 amide bonds. The number of sulfonamides is 1. The van der Waals surface area contributed by atoms with Gasteiger partial charge in [-0.1, -0.05) is 12.1 Å². The van der Waals surface area contributed by atoms with E-state index in [0.717, 1.165) is 18.6 Å². The fraction of sp³-hybridized carbons (Fsp3) is 0.750. The molecule has 1 aliphatic carbocycles. The lowest BCUT2D eigenvalue weighted by Crippen LogP contribution is -2.56. The maximum atomic E-state index is 12.9. The number of hydrogen-bond acceptors (Lipinski definition) is 6. The maximum Gasteiger partial charge on any atom is 0.276 e. The number of hydrogen-bond donors (Lipinski definition) is 0. The average molecular weight is 367 g/mol. The zero-order chi connectivity index (χ0) is 17.4. The summed E-state index contributed by atoms with van der Waals surface area (Å²) in [6.07, 6.45) is 2.39. The molecule has 4 aliphatic rings. The van der Waals surface area contributed by atoms with Crippen molar-refractivity contribution < 1.29 is 22.5 Å². The smallest absolute Gasteiger partial charge is 0.276 e. The Balaban J connectivity index is 1.41. The van der Waals surface area contributed by atoms with E-state index in [-0.39, 0.29) is 18.6 Å². The molecule has 25 heavy (non-hydrogen) atoms. The Morgan fingerprint density at radius 2 is 2.20 bits per heavy atom. The van der Waals surface area contributed by atoms with Gasteiger partial charge >= 0.3 is 0 Å². The van der Waals surface area contributed by atoms with Crippen LogP contribution in [0, 0.1) is 0 Å². The van der Waals surface area contributed by atoms with Crippen molar-refractivity contribution in [1.82, 2.24) is 14.4 Å². The number of fused-ring (bicyclic) bond motifs is 1. The number of carbonyl (C=O) groups is 1. The summed E-state index contributed by atoms with van der Waals surface area (Å²) in [4.78, 5) is 14.5. The van der Waals surface area contributed by atoms with Crippen LogP contribution in [0.3, 0.4) is 0 Å². The quantitative estimate of drug-likeness (QED) is 0.775. The summed E-state index contributed by atoms with van der Waals surface area (Å²) in [6.45, 7) is 3.27. The van der Waals surface area contributed by atoms with E-state index in [2.05, 4.69) is 5.16 Å². The van der Waals surface area contributed by atoms with Crippen LogP contribution >= 0.6 is 0 Å². The van der Waals surface area contributed by atoms with Gasteiger partial charge in [0.05, 0.1) is 12.6 Å². The van der Waals surface area contributed by atoms with Crippen molar-refractivity contribution in [2.24, 2.45) is 0 Å². The van der Waals surface area contributed by atoms with Crippen LogP contribution in [0.1, 0.15) is 48.4 Å². The van der Waals surface area contributed by atoms with E-state index in [1.54, 1.807) is 11.0 Å². The Hall–Kier alpha value is -1.45. The lowest BCUT2D eigenvalue weighted by atomic mass is 9.99. The molecular formula is C16H21N3O5S. The summed E-state index contributed by atoms with van der Waals surface area (Å²) in [5, 5.41) is 3.38. The number of aromatic nitrogens is 1. The summed E-state index contributed by atoms with van der Waals surface area (Å²) < 4.78 is 38.2. The third-order valence-electron chi connectivity index (χ3n) is 5.88. The van der Waals surface area contributed by atoms with Gasteiger partial charge < -0.3 is 14.2 Å². The minimum atomic E-state index is -3.35. The molecule has 4 heterocycles. The molecular weight excluding hydrogens is 346 g/mol. The molecule has 0 aromatic carbocycles. The number of carbonyl (C=O) groups excluding carboxylic acids is 1. The molecule has 3 aliphatic heterocycles. The number of likely N-dealkylation sites (N-methyl/N-ethyl adjacent to an activating group) is 1. The van der Waals surface area contributed by atoms with Gasteiger partial charge in [0.25, 0.3) is 5.91 Å². The molecule has 8 nitrogen and oxygen atoms in total. The first-order valence-electron chi connectivity index (χ1n) is 8.85. The van der Waals surface area contributed by atoms with Gasteiger partial charge in [0.2, 0.25) is 10.0 Å². The van der Waals surface area contributed by atoms with Crippen LogP contribution in [0.2, 0.25) is 0 Å². The molecule has 2 bridgehead atoms. The van der Waals surface area contributed by atoms with Gasteiger partial charge in [0.15, 0.2) is 5.69 Å². The third-order valence-corrected chi connectivity index (χ3v) is 8.33. The zero-order valence-electron chi connectivity index (χ0n) is 14.1. The Morgan fingerprint density at radius 3 is 2.92 bits per heavy atom. The van der Waals surface area contributed by atoms with Crippen LogP contribution in [0.25, 0.3) is 0 Å². The van der Waals surface area contributed by atoms with Gasteiger partial charge in [0.1, 0.15) is 16.6 Å². The Bertz CT molecular complexity index is 833. The first-order valence-corrected chi connectivity index (χ1v) is 10.4. The molecule has 1 saturated carbocycles. The predicted molar refractivity (Wildman–Crippen MR) is 86.6 cm³/mol. The van der Waals surface area contributed by atoms with Crippen molar-refractivity contribution in [2.45, 2.75) is 49.1 Å². The van der Waals surface area contributed by atoms with Crippen LogP contribution in [0.4, 0.5) is 0 Å². The predicted octanol–water partition coefficient (Wildman–Crippen LogP) is 0.569. The summed E-state index contributed by atoms with van der Waals surface area (Å²) in [7, 11) is -3.35. The number of likely N-dealkylation sites (tertiary alicyclic amines) is 1. The van der Waals surface area contributed by atoms with Gasteiger partial charge in [-0.05, 0) is 19.3 Å². The first kappa shape index (κ1) is 15.8. The highest BCUT2D eigenvalue weighted by atomic mass is 32.2. The second-order valence-corrected chi connectivity index (χ2v) is 9.69. The van der Waals surface area contributed by atoms with E-state index in [9.17, 15) is 13.2 Å². The highest BCUT2D eigenvalue weighted by Gasteiger charge is 2.65. The Labute approximate surface area is 146 Å². The standard InChI is InChI=1S/C16H21N3O5S/c1-2-19-9-16-8-18(7-11(23-16)5-14(16)25(19,21)22)15(20)12-6-13(24-17-12)10-3-4-10/h6,10-11,14H,2-5,7-9H2,1H3/t11-,14+,16?/m1/s1. The van der Waals surface area contributed by atoms with E-state index < -0.39 is 20.9 Å². The number of ether oxygens (including phenoxy) is 1. The molecule has 1 spiro atoms. The summed E-state index contributed by atoms with van der Waals surface area (Å²) in [5.41, 5.74) is -0.499. The molecule has 3 saturated heterocycles. The summed E-state index contributed by atoms with van der Waals surface area (Å²) in [6, 6.07) is 1.73. The molecule has 0 N–H and O–H groups in total. The van der Waals surface area contributed by atoms with E-state index >= 15 is 0 Å². The molecule has 1 aromatic heterocycles. The SMILES string of the molecule is CCN1CC23CN(C(=O)c4cc(C5CC5)on4)C[C@@H](C[C@@H]2S1(=O)=O)O3. The molecule has 1 aromatic rings. The number of amides is 1.